The summed E-state index contributed by atoms with van der Waals surface area (Å²) in [6, 6.07) is 8.18. The Morgan fingerprint density at radius 1 is 1.19 bits per heavy atom. The number of halogens is 1. The smallest absolute Gasteiger partial charge is 0.241 e. The van der Waals surface area contributed by atoms with Crippen LogP contribution < -0.4 is 10.2 Å². The third-order valence-electron chi connectivity index (χ3n) is 5.66. The maximum Gasteiger partial charge on any atom is 0.241 e. The molecule has 1 fully saturated rings. The van der Waals surface area contributed by atoms with E-state index >= 15 is 0 Å². The summed E-state index contributed by atoms with van der Waals surface area (Å²) in [6.45, 7) is 5.92. The molecule has 1 aliphatic heterocycles. The normalized spacial score (nSPS) is 24.3. The predicted octanol–water partition coefficient (Wildman–Crippen LogP) is 4.77. The SMILES string of the molecule is CC(C)(C)NC(=O)CN1C(=O)[C@H](Br)C[C@H](C2CCCCC2)c2ccccc21. The molecular weight excluding hydrogens is 404 g/mol. The van der Waals surface area contributed by atoms with Crippen LogP contribution in [0.2, 0.25) is 0 Å². The summed E-state index contributed by atoms with van der Waals surface area (Å²) in [4.78, 5) is 27.1. The first-order chi connectivity index (χ1) is 12.8. The second-order valence-electron chi connectivity index (χ2n) is 8.99. The second kappa shape index (κ2) is 8.34. The van der Waals surface area contributed by atoms with Crippen LogP contribution in [0.25, 0.3) is 0 Å². The summed E-state index contributed by atoms with van der Waals surface area (Å²) in [7, 11) is 0. The molecule has 1 aromatic rings. The molecule has 0 radical (unpaired) electrons. The Balaban J connectivity index is 1.92. The van der Waals surface area contributed by atoms with E-state index in [1.54, 1.807) is 4.90 Å². The van der Waals surface area contributed by atoms with Gasteiger partial charge < -0.3 is 10.2 Å². The molecule has 1 saturated carbocycles. The predicted molar refractivity (Wildman–Crippen MR) is 113 cm³/mol. The number of alkyl halides is 1. The van der Waals surface area contributed by atoms with Crippen molar-refractivity contribution in [3.63, 3.8) is 0 Å². The van der Waals surface area contributed by atoms with Crippen molar-refractivity contribution in [2.45, 2.75) is 75.6 Å². The maximum atomic E-state index is 13.1. The topological polar surface area (TPSA) is 49.4 Å². The summed E-state index contributed by atoms with van der Waals surface area (Å²) in [5, 5.41) is 2.98. The van der Waals surface area contributed by atoms with Gasteiger partial charge in [0.2, 0.25) is 11.8 Å². The van der Waals surface area contributed by atoms with Gasteiger partial charge in [-0.05, 0) is 63.5 Å². The Morgan fingerprint density at radius 2 is 1.85 bits per heavy atom. The van der Waals surface area contributed by atoms with Gasteiger partial charge in [-0.15, -0.1) is 0 Å². The highest BCUT2D eigenvalue weighted by Gasteiger charge is 2.38. The average molecular weight is 435 g/mol. The lowest BCUT2D eigenvalue weighted by molar-refractivity contribution is -0.124. The number of anilines is 1. The average Bonchev–Trinajstić information content (AvgIpc) is 2.72. The molecule has 2 aliphatic rings. The highest BCUT2D eigenvalue weighted by Crippen LogP contribution is 2.45. The lowest BCUT2D eigenvalue weighted by atomic mass is 9.75. The summed E-state index contributed by atoms with van der Waals surface area (Å²) in [6.07, 6.45) is 7.15. The van der Waals surface area contributed by atoms with Crippen molar-refractivity contribution < 1.29 is 9.59 Å². The van der Waals surface area contributed by atoms with Crippen LogP contribution in [0.15, 0.2) is 24.3 Å². The highest BCUT2D eigenvalue weighted by atomic mass is 79.9. The molecule has 1 aliphatic carbocycles. The number of nitrogens with one attached hydrogen (secondary N) is 1. The Hall–Kier alpha value is -1.36. The van der Waals surface area contributed by atoms with E-state index in [0.29, 0.717) is 11.8 Å². The number of amides is 2. The van der Waals surface area contributed by atoms with E-state index < -0.39 is 0 Å². The van der Waals surface area contributed by atoms with Crippen LogP contribution in [-0.2, 0) is 9.59 Å². The summed E-state index contributed by atoms with van der Waals surface area (Å²) < 4.78 is 0. The van der Waals surface area contributed by atoms with Gasteiger partial charge in [0, 0.05) is 11.2 Å². The van der Waals surface area contributed by atoms with Crippen LogP contribution in [0.3, 0.4) is 0 Å². The Labute approximate surface area is 171 Å². The van der Waals surface area contributed by atoms with Gasteiger partial charge in [0.15, 0.2) is 0 Å². The van der Waals surface area contributed by atoms with Gasteiger partial charge in [-0.25, -0.2) is 0 Å². The van der Waals surface area contributed by atoms with Crippen molar-refractivity contribution >= 4 is 33.4 Å². The Morgan fingerprint density at radius 3 is 2.52 bits per heavy atom. The fraction of sp³-hybridized carbons (Fsp3) is 0.636. The first kappa shape index (κ1) is 20.4. The monoisotopic (exact) mass is 434 g/mol. The van der Waals surface area contributed by atoms with Crippen molar-refractivity contribution in [2.75, 3.05) is 11.4 Å². The molecule has 27 heavy (non-hydrogen) atoms. The van der Waals surface area contributed by atoms with Gasteiger partial charge in [0.05, 0.1) is 4.83 Å². The van der Waals surface area contributed by atoms with E-state index in [0.717, 1.165) is 12.1 Å². The van der Waals surface area contributed by atoms with Crippen molar-refractivity contribution in [2.24, 2.45) is 5.92 Å². The number of benzene rings is 1. The van der Waals surface area contributed by atoms with Crippen LogP contribution in [0, 0.1) is 5.92 Å². The van der Waals surface area contributed by atoms with Crippen LogP contribution in [0.4, 0.5) is 5.69 Å². The zero-order valence-electron chi connectivity index (χ0n) is 16.6. The van der Waals surface area contributed by atoms with Gasteiger partial charge in [-0.3, -0.25) is 9.59 Å². The van der Waals surface area contributed by atoms with Crippen LogP contribution in [0.1, 0.15) is 70.8 Å². The number of para-hydroxylation sites is 1. The van der Waals surface area contributed by atoms with Crippen molar-refractivity contribution in [1.82, 2.24) is 5.32 Å². The molecule has 1 heterocycles. The summed E-state index contributed by atoms with van der Waals surface area (Å²) in [5.41, 5.74) is 1.82. The van der Waals surface area contributed by atoms with Crippen molar-refractivity contribution in [3.8, 4) is 0 Å². The molecular formula is C22H31BrN2O2. The minimum atomic E-state index is -0.316. The quantitative estimate of drug-likeness (QED) is 0.696. The van der Waals surface area contributed by atoms with Gasteiger partial charge >= 0.3 is 0 Å². The Bertz CT molecular complexity index is 692. The van der Waals surface area contributed by atoms with Crippen molar-refractivity contribution in [3.05, 3.63) is 29.8 Å². The minimum Gasteiger partial charge on any atom is -0.350 e. The van der Waals surface area contributed by atoms with Gasteiger partial charge in [-0.1, -0.05) is 53.4 Å². The largest absolute Gasteiger partial charge is 0.350 e. The highest BCUT2D eigenvalue weighted by molar-refractivity contribution is 9.10. The number of fused-ring (bicyclic) bond motifs is 1. The fourth-order valence-corrected chi connectivity index (χ4v) is 5.18. The first-order valence-electron chi connectivity index (χ1n) is 10.1. The third kappa shape index (κ3) is 4.92. The lowest BCUT2D eigenvalue weighted by Crippen LogP contribution is -2.48. The molecule has 1 N–H and O–H groups in total. The zero-order chi connectivity index (χ0) is 19.6. The zero-order valence-corrected chi connectivity index (χ0v) is 18.2. The maximum absolute atomic E-state index is 13.1. The number of carbonyl (C=O) groups excluding carboxylic acids is 2. The molecule has 0 spiro atoms. The molecule has 2 amide bonds. The van der Waals surface area contributed by atoms with Crippen molar-refractivity contribution in [1.29, 1.82) is 0 Å². The van der Waals surface area contributed by atoms with Crippen LogP contribution >= 0.6 is 15.9 Å². The van der Waals surface area contributed by atoms with Gasteiger partial charge in [0.1, 0.15) is 6.54 Å². The summed E-state index contributed by atoms with van der Waals surface area (Å²) in [5.74, 6) is 0.855. The number of carbonyl (C=O) groups is 2. The van der Waals surface area contributed by atoms with Gasteiger partial charge in [-0.2, -0.15) is 0 Å². The van der Waals surface area contributed by atoms with E-state index in [9.17, 15) is 9.59 Å². The molecule has 0 aromatic heterocycles. The molecule has 5 heteroatoms. The van der Waals surface area contributed by atoms with E-state index in [-0.39, 0.29) is 28.7 Å². The first-order valence-corrected chi connectivity index (χ1v) is 11.0. The lowest BCUT2D eigenvalue weighted by Gasteiger charge is -2.31. The fourth-order valence-electron chi connectivity index (χ4n) is 4.53. The molecule has 4 nitrogen and oxygen atoms in total. The Kier molecular flexibility index (Phi) is 6.29. The molecule has 0 unspecified atom stereocenters. The summed E-state index contributed by atoms with van der Waals surface area (Å²) >= 11 is 3.64. The standard InChI is InChI=1S/C22H31BrN2O2/c1-22(2,3)24-20(26)14-25-19-12-8-7-11-16(19)17(13-18(23)21(25)27)15-9-5-4-6-10-15/h7-8,11-12,15,17-18H,4-6,9-10,13-14H2,1-3H3,(H,24,26)/t17-,18-/m1/s1. The molecule has 1 aromatic carbocycles. The van der Waals surface area contributed by atoms with E-state index in [2.05, 4.69) is 33.4 Å². The third-order valence-corrected chi connectivity index (χ3v) is 6.42. The number of nitrogens with zero attached hydrogens (tertiary/aromatic N) is 1. The van der Waals surface area contributed by atoms with Crippen LogP contribution in [0.5, 0.6) is 0 Å². The molecule has 0 bridgehead atoms. The molecule has 3 rings (SSSR count). The number of rotatable bonds is 3. The second-order valence-corrected chi connectivity index (χ2v) is 10.1. The van der Waals surface area contributed by atoms with E-state index in [1.807, 2.05) is 32.9 Å². The van der Waals surface area contributed by atoms with E-state index in [1.165, 1.54) is 37.7 Å². The molecule has 0 saturated heterocycles. The molecule has 2 atom stereocenters. The number of hydrogen-bond acceptors (Lipinski definition) is 2. The van der Waals surface area contributed by atoms with E-state index in [4.69, 9.17) is 0 Å². The number of hydrogen-bond donors (Lipinski definition) is 1. The minimum absolute atomic E-state index is 0.00943. The van der Waals surface area contributed by atoms with Gasteiger partial charge in [0.25, 0.3) is 0 Å². The molecule has 148 valence electrons. The van der Waals surface area contributed by atoms with Crippen LogP contribution in [-0.4, -0.2) is 28.7 Å².